The van der Waals surface area contributed by atoms with Crippen LogP contribution in [0.3, 0.4) is 0 Å². The zero-order valence-corrected chi connectivity index (χ0v) is 16.8. The summed E-state index contributed by atoms with van der Waals surface area (Å²) >= 11 is 0. The van der Waals surface area contributed by atoms with E-state index in [0.717, 1.165) is 25.7 Å². The Labute approximate surface area is 160 Å². The maximum absolute atomic E-state index is 12.7. The van der Waals surface area contributed by atoms with Gasteiger partial charge < -0.3 is 10.3 Å². The molecule has 7 nitrogen and oxygen atoms in total. The molecule has 1 heterocycles. The van der Waals surface area contributed by atoms with Gasteiger partial charge in [0.25, 0.3) is 5.89 Å². The van der Waals surface area contributed by atoms with Gasteiger partial charge in [-0.3, -0.25) is 0 Å². The molecule has 1 aliphatic rings. The first-order valence-electron chi connectivity index (χ1n) is 8.45. The quantitative estimate of drug-likeness (QED) is 0.827. The molecule has 0 saturated heterocycles. The van der Waals surface area contributed by atoms with Gasteiger partial charge >= 0.3 is 0 Å². The fourth-order valence-electron chi connectivity index (χ4n) is 3.01. The molecule has 0 bridgehead atoms. The minimum Gasteiger partial charge on any atom is -0.334 e. The zero-order valence-electron chi connectivity index (χ0n) is 15.2. The highest BCUT2D eigenvalue weighted by molar-refractivity contribution is 7.89. The van der Waals surface area contributed by atoms with E-state index in [1.54, 1.807) is 31.3 Å². The van der Waals surface area contributed by atoms with Gasteiger partial charge in [0.1, 0.15) is 0 Å². The third kappa shape index (κ3) is 3.78. The van der Waals surface area contributed by atoms with Crippen molar-refractivity contribution in [3.05, 3.63) is 30.1 Å². The molecule has 0 spiro atoms. The second-order valence-electron chi connectivity index (χ2n) is 6.93. The smallest absolute Gasteiger partial charge is 0.258 e. The lowest BCUT2D eigenvalue weighted by Crippen LogP contribution is -2.34. The van der Waals surface area contributed by atoms with Crippen LogP contribution in [0.25, 0.3) is 11.5 Å². The summed E-state index contributed by atoms with van der Waals surface area (Å²) in [6.45, 7) is 3.65. The Morgan fingerprint density at radius 3 is 2.54 bits per heavy atom. The second kappa shape index (κ2) is 7.64. The summed E-state index contributed by atoms with van der Waals surface area (Å²) in [5.41, 5.74) is 6.39. The molecule has 0 radical (unpaired) electrons. The molecule has 0 unspecified atom stereocenters. The average Bonchev–Trinajstić information content (AvgIpc) is 3.24. The van der Waals surface area contributed by atoms with Crippen molar-refractivity contribution in [2.24, 2.45) is 5.73 Å². The number of aromatic nitrogens is 2. The Kier molecular flexibility index (Phi) is 6.12. The van der Waals surface area contributed by atoms with E-state index < -0.39 is 15.6 Å². The topological polar surface area (TPSA) is 102 Å². The van der Waals surface area contributed by atoms with Crippen LogP contribution in [0.5, 0.6) is 0 Å². The molecule has 1 fully saturated rings. The summed E-state index contributed by atoms with van der Waals surface area (Å²) in [5, 5.41) is 4.03. The Bertz CT molecular complexity index is 860. The Morgan fingerprint density at radius 1 is 1.27 bits per heavy atom. The molecule has 0 aliphatic heterocycles. The van der Waals surface area contributed by atoms with E-state index in [0.29, 0.717) is 11.4 Å². The summed E-state index contributed by atoms with van der Waals surface area (Å²) in [6.07, 6.45) is 3.77. The molecular weight excluding hydrogens is 376 g/mol. The van der Waals surface area contributed by atoms with Crippen molar-refractivity contribution in [2.45, 2.75) is 56.0 Å². The number of halogens is 1. The van der Waals surface area contributed by atoms with Crippen molar-refractivity contribution in [2.75, 3.05) is 7.05 Å². The predicted molar refractivity (Wildman–Crippen MR) is 101 cm³/mol. The zero-order chi connectivity index (χ0) is 18.2. The van der Waals surface area contributed by atoms with Crippen LogP contribution in [0, 0.1) is 0 Å². The second-order valence-corrected chi connectivity index (χ2v) is 8.93. The largest absolute Gasteiger partial charge is 0.334 e. The summed E-state index contributed by atoms with van der Waals surface area (Å²) in [4.78, 5) is 4.62. The predicted octanol–water partition coefficient (Wildman–Crippen LogP) is 2.92. The molecule has 2 aromatic rings. The first-order chi connectivity index (χ1) is 11.7. The number of hydrogen-bond donors (Lipinski definition) is 1. The van der Waals surface area contributed by atoms with E-state index in [4.69, 9.17) is 10.3 Å². The minimum absolute atomic E-state index is 0. The van der Waals surface area contributed by atoms with E-state index in [1.165, 1.54) is 4.31 Å². The van der Waals surface area contributed by atoms with Gasteiger partial charge in [0.05, 0.1) is 10.4 Å². The van der Waals surface area contributed by atoms with Crippen LogP contribution >= 0.6 is 12.4 Å². The van der Waals surface area contributed by atoms with Gasteiger partial charge in [0, 0.05) is 18.7 Å². The van der Waals surface area contributed by atoms with Crippen LogP contribution in [0.1, 0.15) is 45.4 Å². The van der Waals surface area contributed by atoms with Crippen molar-refractivity contribution >= 4 is 22.4 Å². The molecule has 144 valence electrons. The lowest BCUT2D eigenvalue weighted by Gasteiger charge is -2.21. The number of nitrogens with zero attached hydrogens (tertiary/aromatic N) is 3. The number of sulfonamides is 1. The molecule has 2 N–H and O–H groups in total. The van der Waals surface area contributed by atoms with Crippen LogP contribution in [-0.4, -0.2) is 36.0 Å². The highest BCUT2D eigenvalue weighted by Gasteiger charge is 2.36. The molecular formula is C17H25ClN4O3S. The van der Waals surface area contributed by atoms with Crippen LogP contribution < -0.4 is 5.73 Å². The molecule has 1 saturated carbocycles. The number of benzene rings is 1. The van der Waals surface area contributed by atoms with Crippen molar-refractivity contribution < 1.29 is 12.9 Å². The Morgan fingerprint density at radius 2 is 1.92 bits per heavy atom. The summed E-state index contributed by atoms with van der Waals surface area (Å²) in [6, 6.07) is 6.42. The monoisotopic (exact) mass is 400 g/mol. The summed E-state index contributed by atoms with van der Waals surface area (Å²) in [5.74, 6) is 0.781. The average molecular weight is 401 g/mol. The fraction of sp³-hybridized carbons (Fsp3) is 0.529. The van der Waals surface area contributed by atoms with E-state index >= 15 is 0 Å². The lowest BCUT2D eigenvalue weighted by atomic mass is 9.99. The van der Waals surface area contributed by atoms with Gasteiger partial charge in [-0.2, -0.15) is 9.29 Å². The third-order valence-corrected chi connectivity index (χ3v) is 6.88. The van der Waals surface area contributed by atoms with E-state index in [9.17, 15) is 8.42 Å². The maximum atomic E-state index is 12.7. The number of nitrogens with two attached hydrogens (primary N) is 1. The molecule has 0 atom stereocenters. The van der Waals surface area contributed by atoms with Crippen molar-refractivity contribution in [1.82, 2.24) is 14.4 Å². The van der Waals surface area contributed by atoms with Gasteiger partial charge in [0.15, 0.2) is 5.82 Å². The minimum atomic E-state index is -3.57. The molecule has 1 aliphatic carbocycles. The van der Waals surface area contributed by atoms with E-state index in [-0.39, 0.29) is 29.2 Å². The maximum Gasteiger partial charge on any atom is 0.258 e. The van der Waals surface area contributed by atoms with Gasteiger partial charge in [-0.25, -0.2) is 8.42 Å². The Balaban J connectivity index is 0.00000243. The van der Waals surface area contributed by atoms with Crippen LogP contribution in [0.2, 0.25) is 0 Å². The van der Waals surface area contributed by atoms with E-state index in [2.05, 4.69) is 10.1 Å². The van der Waals surface area contributed by atoms with Crippen LogP contribution in [0.15, 0.2) is 33.7 Å². The summed E-state index contributed by atoms with van der Waals surface area (Å²) < 4.78 is 32.0. The fourth-order valence-corrected chi connectivity index (χ4v) is 4.42. The standard InChI is InChI=1S/C17H24N4O3S.ClH/c1-12(2)21(3)25(22,23)14-8-6-7-13(11-14)15-19-16(20-24-15)17(18)9-4-5-10-17;/h6-8,11-12H,4-5,9-10,18H2,1-3H3;1H. The molecule has 26 heavy (non-hydrogen) atoms. The molecule has 1 aromatic carbocycles. The van der Waals surface area contributed by atoms with Crippen LogP contribution in [0.4, 0.5) is 0 Å². The van der Waals surface area contributed by atoms with Crippen molar-refractivity contribution in [3.63, 3.8) is 0 Å². The van der Waals surface area contributed by atoms with Crippen molar-refractivity contribution in [3.8, 4) is 11.5 Å². The SMILES string of the molecule is CC(C)N(C)S(=O)(=O)c1cccc(-c2nc(C3(N)CCCC3)no2)c1.Cl. The van der Waals surface area contributed by atoms with Gasteiger partial charge in [-0.15, -0.1) is 12.4 Å². The van der Waals surface area contributed by atoms with Crippen LogP contribution in [-0.2, 0) is 15.6 Å². The van der Waals surface area contributed by atoms with Gasteiger partial charge in [-0.1, -0.05) is 24.1 Å². The van der Waals surface area contributed by atoms with E-state index in [1.807, 2.05) is 13.8 Å². The first kappa shape index (κ1) is 20.8. The molecule has 9 heteroatoms. The normalized spacial score (nSPS) is 16.8. The third-order valence-electron chi connectivity index (χ3n) is 4.85. The highest BCUT2D eigenvalue weighted by atomic mass is 35.5. The number of hydrogen-bond acceptors (Lipinski definition) is 6. The highest BCUT2D eigenvalue weighted by Crippen LogP contribution is 2.35. The molecule has 1 aromatic heterocycles. The first-order valence-corrected chi connectivity index (χ1v) is 9.89. The molecule has 3 rings (SSSR count). The van der Waals surface area contributed by atoms with Crippen molar-refractivity contribution in [1.29, 1.82) is 0 Å². The van der Waals surface area contributed by atoms with Gasteiger partial charge in [-0.05, 0) is 44.9 Å². The number of rotatable bonds is 5. The Hall–Kier alpha value is -1.48. The molecule has 0 amide bonds. The lowest BCUT2D eigenvalue weighted by molar-refractivity contribution is 0.372. The summed E-state index contributed by atoms with van der Waals surface area (Å²) in [7, 11) is -2.01. The van der Waals surface area contributed by atoms with Gasteiger partial charge in [0.2, 0.25) is 10.0 Å².